The summed E-state index contributed by atoms with van der Waals surface area (Å²) in [5.41, 5.74) is 1.29. The molecule has 2 N–H and O–H groups in total. The third kappa shape index (κ3) is 4.02. The van der Waals surface area contributed by atoms with Crippen LogP contribution in [0.2, 0.25) is 0 Å². The second-order valence-corrected chi connectivity index (χ2v) is 4.88. The maximum Gasteiger partial charge on any atom is 0.120 e. The first-order valence-electron chi connectivity index (χ1n) is 6.44. The number of benzene rings is 1. The molecule has 3 heteroatoms. The van der Waals surface area contributed by atoms with Crippen molar-refractivity contribution in [2.24, 2.45) is 0 Å². The highest BCUT2D eigenvalue weighted by molar-refractivity contribution is 5.28. The van der Waals surface area contributed by atoms with Gasteiger partial charge in [0.25, 0.3) is 0 Å². The summed E-state index contributed by atoms with van der Waals surface area (Å²) in [6, 6.07) is 8.95. The Bertz CT molecular complexity index is 346. The Balaban J connectivity index is 1.86. The molecule has 0 amide bonds. The highest BCUT2D eigenvalue weighted by atomic mass is 16.5. The van der Waals surface area contributed by atoms with Crippen molar-refractivity contribution in [2.45, 2.75) is 39.0 Å². The number of nitrogens with one attached hydrogen (secondary N) is 2. The second-order valence-electron chi connectivity index (χ2n) is 4.88. The van der Waals surface area contributed by atoms with Crippen LogP contribution in [0.1, 0.15) is 25.8 Å². The topological polar surface area (TPSA) is 33.3 Å². The van der Waals surface area contributed by atoms with E-state index >= 15 is 0 Å². The molecule has 1 aliphatic rings. The van der Waals surface area contributed by atoms with E-state index in [9.17, 15) is 0 Å². The van der Waals surface area contributed by atoms with Gasteiger partial charge in [-0.3, -0.25) is 0 Å². The molecule has 1 atom stereocenters. The standard InChI is InChI=1S/C14H22N2O/c1-11(2)17-14-5-3-4-12(8-14)9-16-13-6-7-15-10-13/h3-5,8,11,13,15-16H,6-7,9-10H2,1-2H3. The summed E-state index contributed by atoms with van der Waals surface area (Å²) in [7, 11) is 0. The molecule has 0 spiro atoms. The van der Waals surface area contributed by atoms with Crippen molar-refractivity contribution in [1.29, 1.82) is 0 Å². The minimum absolute atomic E-state index is 0.234. The second kappa shape index (κ2) is 6.03. The Labute approximate surface area is 104 Å². The van der Waals surface area contributed by atoms with E-state index in [-0.39, 0.29) is 6.10 Å². The fourth-order valence-corrected chi connectivity index (χ4v) is 2.09. The molecule has 1 fully saturated rings. The Morgan fingerprint density at radius 1 is 1.47 bits per heavy atom. The molecule has 1 aliphatic heterocycles. The number of ether oxygens (including phenoxy) is 1. The summed E-state index contributed by atoms with van der Waals surface area (Å²) in [5.74, 6) is 0.962. The zero-order chi connectivity index (χ0) is 12.1. The van der Waals surface area contributed by atoms with Crippen LogP contribution >= 0.6 is 0 Å². The van der Waals surface area contributed by atoms with Crippen LogP contribution in [0.15, 0.2) is 24.3 Å². The lowest BCUT2D eigenvalue weighted by molar-refractivity contribution is 0.242. The summed E-state index contributed by atoms with van der Waals surface area (Å²) in [4.78, 5) is 0. The summed E-state index contributed by atoms with van der Waals surface area (Å²) in [6.07, 6.45) is 1.46. The zero-order valence-corrected chi connectivity index (χ0v) is 10.7. The van der Waals surface area contributed by atoms with E-state index in [0.29, 0.717) is 6.04 Å². The lowest BCUT2D eigenvalue weighted by Crippen LogP contribution is -2.30. The third-order valence-electron chi connectivity index (χ3n) is 2.93. The van der Waals surface area contributed by atoms with Gasteiger partial charge < -0.3 is 15.4 Å². The molecule has 1 heterocycles. The van der Waals surface area contributed by atoms with Gasteiger partial charge in [0.1, 0.15) is 5.75 Å². The lowest BCUT2D eigenvalue weighted by Gasteiger charge is -2.13. The lowest BCUT2D eigenvalue weighted by atomic mass is 10.2. The Morgan fingerprint density at radius 2 is 2.35 bits per heavy atom. The highest BCUT2D eigenvalue weighted by Crippen LogP contribution is 2.15. The molecule has 94 valence electrons. The molecule has 1 aromatic carbocycles. The number of hydrogen-bond acceptors (Lipinski definition) is 3. The molecule has 0 radical (unpaired) electrons. The maximum absolute atomic E-state index is 5.69. The van der Waals surface area contributed by atoms with Gasteiger partial charge in [0.05, 0.1) is 6.10 Å². The van der Waals surface area contributed by atoms with E-state index in [1.807, 2.05) is 6.07 Å². The van der Waals surface area contributed by atoms with Crippen LogP contribution in [-0.2, 0) is 6.54 Å². The molecule has 1 unspecified atom stereocenters. The van der Waals surface area contributed by atoms with E-state index in [2.05, 4.69) is 42.7 Å². The Hall–Kier alpha value is -1.06. The minimum Gasteiger partial charge on any atom is -0.491 e. The van der Waals surface area contributed by atoms with Crippen LogP contribution in [0.5, 0.6) is 5.75 Å². The molecular formula is C14H22N2O. The maximum atomic E-state index is 5.69. The van der Waals surface area contributed by atoms with Crippen LogP contribution in [0.25, 0.3) is 0 Å². The van der Waals surface area contributed by atoms with Gasteiger partial charge in [-0.25, -0.2) is 0 Å². The zero-order valence-electron chi connectivity index (χ0n) is 10.7. The molecule has 0 aromatic heterocycles. The average molecular weight is 234 g/mol. The van der Waals surface area contributed by atoms with Crippen LogP contribution in [0, 0.1) is 0 Å². The molecule has 2 rings (SSSR count). The van der Waals surface area contributed by atoms with Crippen molar-refractivity contribution < 1.29 is 4.74 Å². The first-order chi connectivity index (χ1) is 8.24. The van der Waals surface area contributed by atoms with Crippen molar-refractivity contribution >= 4 is 0 Å². The molecule has 0 saturated carbocycles. The van der Waals surface area contributed by atoms with E-state index in [4.69, 9.17) is 4.74 Å². The molecular weight excluding hydrogens is 212 g/mol. The van der Waals surface area contributed by atoms with Crippen LogP contribution in [0.3, 0.4) is 0 Å². The van der Waals surface area contributed by atoms with Crippen LogP contribution < -0.4 is 15.4 Å². The van der Waals surface area contributed by atoms with Gasteiger partial charge in [-0.15, -0.1) is 0 Å². The minimum atomic E-state index is 0.234. The largest absolute Gasteiger partial charge is 0.491 e. The normalized spacial score (nSPS) is 19.8. The highest BCUT2D eigenvalue weighted by Gasteiger charge is 2.13. The van der Waals surface area contributed by atoms with Crippen molar-refractivity contribution in [2.75, 3.05) is 13.1 Å². The van der Waals surface area contributed by atoms with Crippen molar-refractivity contribution in [3.8, 4) is 5.75 Å². The summed E-state index contributed by atoms with van der Waals surface area (Å²) >= 11 is 0. The van der Waals surface area contributed by atoms with Crippen LogP contribution in [-0.4, -0.2) is 25.2 Å². The Kier molecular flexibility index (Phi) is 4.40. The summed E-state index contributed by atoms with van der Waals surface area (Å²) in [5, 5.41) is 6.92. The SMILES string of the molecule is CC(C)Oc1cccc(CNC2CCNC2)c1. The fraction of sp³-hybridized carbons (Fsp3) is 0.571. The third-order valence-corrected chi connectivity index (χ3v) is 2.93. The fourth-order valence-electron chi connectivity index (χ4n) is 2.09. The quantitative estimate of drug-likeness (QED) is 0.816. The molecule has 1 aromatic rings. The van der Waals surface area contributed by atoms with E-state index in [1.165, 1.54) is 12.0 Å². The van der Waals surface area contributed by atoms with Gasteiger partial charge in [0, 0.05) is 19.1 Å². The average Bonchev–Trinajstić information content (AvgIpc) is 2.79. The van der Waals surface area contributed by atoms with Crippen molar-refractivity contribution in [1.82, 2.24) is 10.6 Å². The monoisotopic (exact) mass is 234 g/mol. The van der Waals surface area contributed by atoms with Crippen LogP contribution in [0.4, 0.5) is 0 Å². The van der Waals surface area contributed by atoms with Gasteiger partial charge in [0.2, 0.25) is 0 Å². The van der Waals surface area contributed by atoms with Crippen molar-refractivity contribution in [3.05, 3.63) is 29.8 Å². The van der Waals surface area contributed by atoms with Gasteiger partial charge in [0.15, 0.2) is 0 Å². The molecule has 1 saturated heterocycles. The predicted octanol–water partition coefficient (Wildman–Crippen LogP) is 1.93. The molecule has 17 heavy (non-hydrogen) atoms. The molecule has 3 nitrogen and oxygen atoms in total. The van der Waals surface area contributed by atoms with Crippen molar-refractivity contribution in [3.63, 3.8) is 0 Å². The van der Waals surface area contributed by atoms with E-state index in [1.54, 1.807) is 0 Å². The number of hydrogen-bond donors (Lipinski definition) is 2. The molecule has 0 bridgehead atoms. The van der Waals surface area contributed by atoms with Gasteiger partial charge in [-0.2, -0.15) is 0 Å². The Morgan fingerprint density at radius 3 is 3.06 bits per heavy atom. The van der Waals surface area contributed by atoms with Gasteiger partial charge >= 0.3 is 0 Å². The number of rotatable bonds is 5. The van der Waals surface area contributed by atoms with Gasteiger partial charge in [-0.05, 0) is 44.5 Å². The van der Waals surface area contributed by atoms with Gasteiger partial charge in [-0.1, -0.05) is 12.1 Å². The predicted molar refractivity (Wildman–Crippen MR) is 70.3 cm³/mol. The first-order valence-corrected chi connectivity index (χ1v) is 6.44. The summed E-state index contributed by atoms with van der Waals surface area (Å²) < 4.78 is 5.69. The molecule has 0 aliphatic carbocycles. The van der Waals surface area contributed by atoms with E-state index in [0.717, 1.165) is 25.4 Å². The first kappa shape index (κ1) is 12.4. The smallest absolute Gasteiger partial charge is 0.120 e. The van der Waals surface area contributed by atoms with E-state index < -0.39 is 0 Å². The summed E-state index contributed by atoms with van der Waals surface area (Å²) in [6.45, 7) is 7.24.